The normalized spacial score (nSPS) is 21.2. The van der Waals surface area contributed by atoms with E-state index in [0.717, 1.165) is 18.4 Å². The lowest BCUT2D eigenvalue weighted by Gasteiger charge is -2.27. The number of aliphatic carboxylic acids is 1. The van der Waals surface area contributed by atoms with Crippen LogP contribution in [-0.4, -0.2) is 30.8 Å². The summed E-state index contributed by atoms with van der Waals surface area (Å²) in [7, 11) is 1.40. The zero-order valence-electron chi connectivity index (χ0n) is 12.9. The second-order valence-electron chi connectivity index (χ2n) is 5.63. The molecule has 1 aliphatic rings. The molecule has 2 N–H and O–H groups in total. The molecule has 0 aromatic heterocycles. The van der Waals surface area contributed by atoms with E-state index in [1.165, 1.54) is 13.2 Å². The summed E-state index contributed by atoms with van der Waals surface area (Å²) in [6, 6.07) is 5.10. The van der Waals surface area contributed by atoms with Crippen LogP contribution in [0.15, 0.2) is 18.2 Å². The van der Waals surface area contributed by atoms with Gasteiger partial charge in [-0.05, 0) is 43.4 Å². The minimum atomic E-state index is -2.89. The van der Waals surface area contributed by atoms with Crippen LogP contribution in [0.2, 0.25) is 0 Å². The molecule has 1 fully saturated rings. The SMILES string of the molecule is COc1cc(CNC2CCC(C(=O)O)CC2)ccc1OC(F)F. The lowest BCUT2D eigenvalue weighted by atomic mass is 9.86. The number of hydrogen-bond acceptors (Lipinski definition) is 4. The van der Waals surface area contributed by atoms with E-state index < -0.39 is 12.6 Å². The van der Waals surface area contributed by atoms with E-state index in [1.807, 2.05) is 0 Å². The maximum absolute atomic E-state index is 12.3. The van der Waals surface area contributed by atoms with E-state index in [1.54, 1.807) is 12.1 Å². The molecule has 0 radical (unpaired) electrons. The molecular formula is C16H21F2NO4. The third-order valence-electron chi connectivity index (χ3n) is 4.12. The molecule has 0 amide bonds. The summed E-state index contributed by atoms with van der Waals surface area (Å²) in [5.41, 5.74) is 0.892. The molecule has 1 saturated carbocycles. The predicted octanol–water partition coefficient (Wildman–Crippen LogP) is 3.03. The van der Waals surface area contributed by atoms with E-state index in [-0.39, 0.29) is 23.5 Å². The molecule has 1 aromatic rings. The largest absolute Gasteiger partial charge is 0.493 e. The van der Waals surface area contributed by atoms with Crippen molar-refractivity contribution in [1.82, 2.24) is 5.32 Å². The standard InChI is InChI=1S/C16H21F2NO4/c1-22-14-8-10(2-7-13(14)23-16(17)18)9-19-12-5-3-11(4-6-12)15(20)21/h2,7-8,11-12,16,19H,3-6,9H2,1H3,(H,20,21). The van der Waals surface area contributed by atoms with Gasteiger partial charge in [-0.15, -0.1) is 0 Å². The van der Waals surface area contributed by atoms with Crippen LogP contribution in [-0.2, 0) is 11.3 Å². The number of carboxylic acids is 1. The van der Waals surface area contributed by atoms with Crippen LogP contribution in [0.25, 0.3) is 0 Å². The van der Waals surface area contributed by atoms with Gasteiger partial charge in [0, 0.05) is 12.6 Å². The van der Waals surface area contributed by atoms with E-state index >= 15 is 0 Å². The summed E-state index contributed by atoms with van der Waals surface area (Å²) in [5.74, 6) is -0.686. The number of hydrogen-bond donors (Lipinski definition) is 2. The van der Waals surface area contributed by atoms with Gasteiger partial charge in [0.2, 0.25) is 0 Å². The van der Waals surface area contributed by atoms with Gasteiger partial charge in [-0.3, -0.25) is 4.79 Å². The van der Waals surface area contributed by atoms with Crippen molar-refractivity contribution in [2.45, 2.75) is 44.9 Å². The summed E-state index contributed by atoms with van der Waals surface area (Å²) in [6.07, 6.45) is 3.00. The molecular weight excluding hydrogens is 308 g/mol. The predicted molar refractivity (Wildman–Crippen MR) is 79.8 cm³/mol. The van der Waals surface area contributed by atoms with Gasteiger partial charge in [-0.2, -0.15) is 8.78 Å². The van der Waals surface area contributed by atoms with E-state index in [9.17, 15) is 13.6 Å². The number of carbonyl (C=O) groups is 1. The first-order chi connectivity index (χ1) is 11.0. The van der Waals surface area contributed by atoms with Gasteiger partial charge in [0.25, 0.3) is 0 Å². The Labute approximate surface area is 133 Å². The van der Waals surface area contributed by atoms with Crippen LogP contribution < -0.4 is 14.8 Å². The fourth-order valence-electron chi connectivity index (χ4n) is 2.82. The minimum absolute atomic E-state index is 0.00761. The number of ether oxygens (including phenoxy) is 2. The van der Waals surface area contributed by atoms with Crippen molar-refractivity contribution < 1.29 is 28.2 Å². The monoisotopic (exact) mass is 329 g/mol. The molecule has 5 nitrogen and oxygen atoms in total. The maximum Gasteiger partial charge on any atom is 0.387 e. The van der Waals surface area contributed by atoms with Crippen molar-refractivity contribution >= 4 is 5.97 Å². The smallest absolute Gasteiger partial charge is 0.387 e. The van der Waals surface area contributed by atoms with Gasteiger partial charge in [-0.1, -0.05) is 6.07 Å². The molecule has 0 saturated heterocycles. The van der Waals surface area contributed by atoms with E-state index in [2.05, 4.69) is 10.1 Å². The van der Waals surface area contributed by atoms with Gasteiger partial charge in [0.1, 0.15) is 0 Å². The lowest BCUT2D eigenvalue weighted by Crippen LogP contribution is -2.34. The summed E-state index contributed by atoms with van der Waals surface area (Å²) in [4.78, 5) is 10.9. The van der Waals surface area contributed by atoms with Crippen molar-refractivity contribution in [2.75, 3.05) is 7.11 Å². The molecule has 1 aliphatic carbocycles. The van der Waals surface area contributed by atoms with Gasteiger partial charge < -0.3 is 19.9 Å². The van der Waals surface area contributed by atoms with Crippen molar-refractivity contribution in [3.05, 3.63) is 23.8 Å². The third kappa shape index (κ3) is 5.06. The average molecular weight is 329 g/mol. The Bertz CT molecular complexity index is 531. The number of carboxylic acid groups (broad SMARTS) is 1. The van der Waals surface area contributed by atoms with E-state index in [0.29, 0.717) is 19.4 Å². The Morgan fingerprint density at radius 3 is 2.57 bits per heavy atom. The highest BCUT2D eigenvalue weighted by atomic mass is 19.3. The fourth-order valence-corrected chi connectivity index (χ4v) is 2.82. The average Bonchev–Trinajstić information content (AvgIpc) is 2.53. The maximum atomic E-state index is 12.3. The van der Waals surface area contributed by atoms with Crippen molar-refractivity contribution in [3.63, 3.8) is 0 Å². The molecule has 0 atom stereocenters. The van der Waals surface area contributed by atoms with E-state index in [4.69, 9.17) is 9.84 Å². The van der Waals surface area contributed by atoms with Crippen molar-refractivity contribution in [1.29, 1.82) is 0 Å². The van der Waals surface area contributed by atoms with Crippen LogP contribution in [0.5, 0.6) is 11.5 Å². The number of methoxy groups -OCH3 is 1. The molecule has 128 valence electrons. The first kappa shape index (κ1) is 17.5. The van der Waals surface area contributed by atoms with Gasteiger partial charge in [0.15, 0.2) is 11.5 Å². The molecule has 0 bridgehead atoms. The second kappa shape index (κ2) is 8.10. The van der Waals surface area contributed by atoms with Crippen LogP contribution in [0.1, 0.15) is 31.2 Å². The minimum Gasteiger partial charge on any atom is -0.493 e. The van der Waals surface area contributed by atoms with Gasteiger partial charge in [-0.25, -0.2) is 0 Å². The fraction of sp³-hybridized carbons (Fsp3) is 0.562. The lowest BCUT2D eigenvalue weighted by molar-refractivity contribution is -0.142. The first-order valence-corrected chi connectivity index (χ1v) is 7.57. The van der Waals surface area contributed by atoms with Crippen LogP contribution in [0, 0.1) is 5.92 Å². The topological polar surface area (TPSA) is 67.8 Å². The van der Waals surface area contributed by atoms with Crippen LogP contribution >= 0.6 is 0 Å². The van der Waals surface area contributed by atoms with Crippen molar-refractivity contribution in [3.8, 4) is 11.5 Å². The summed E-state index contributed by atoms with van der Waals surface area (Å²) >= 11 is 0. The molecule has 0 spiro atoms. The Kier molecular flexibility index (Phi) is 6.15. The quantitative estimate of drug-likeness (QED) is 0.805. The summed E-state index contributed by atoms with van der Waals surface area (Å²) in [6.45, 7) is -2.33. The zero-order valence-corrected chi connectivity index (χ0v) is 12.9. The molecule has 0 heterocycles. The molecule has 7 heteroatoms. The number of halogens is 2. The number of benzene rings is 1. The van der Waals surface area contributed by atoms with Crippen molar-refractivity contribution in [2.24, 2.45) is 5.92 Å². The number of rotatable bonds is 7. The highest BCUT2D eigenvalue weighted by Gasteiger charge is 2.25. The van der Waals surface area contributed by atoms with Gasteiger partial charge >= 0.3 is 12.6 Å². The second-order valence-corrected chi connectivity index (χ2v) is 5.63. The number of alkyl halides is 2. The first-order valence-electron chi connectivity index (χ1n) is 7.57. The molecule has 1 aromatic carbocycles. The highest BCUT2D eigenvalue weighted by molar-refractivity contribution is 5.70. The zero-order chi connectivity index (χ0) is 16.8. The molecule has 0 aliphatic heterocycles. The molecule has 2 rings (SSSR count). The summed E-state index contributed by atoms with van der Waals surface area (Å²) in [5, 5.41) is 12.4. The Balaban J connectivity index is 1.87. The Hall–Kier alpha value is -1.89. The Morgan fingerprint density at radius 2 is 2.00 bits per heavy atom. The highest BCUT2D eigenvalue weighted by Crippen LogP contribution is 2.30. The Morgan fingerprint density at radius 1 is 1.30 bits per heavy atom. The molecule has 23 heavy (non-hydrogen) atoms. The third-order valence-corrected chi connectivity index (χ3v) is 4.12. The summed E-state index contributed by atoms with van der Waals surface area (Å²) < 4.78 is 34.0. The van der Waals surface area contributed by atoms with Gasteiger partial charge in [0.05, 0.1) is 13.0 Å². The van der Waals surface area contributed by atoms with Crippen LogP contribution in [0.3, 0.4) is 0 Å². The molecule has 0 unspecified atom stereocenters. The van der Waals surface area contributed by atoms with Crippen LogP contribution in [0.4, 0.5) is 8.78 Å². The number of nitrogens with one attached hydrogen (secondary N) is 1.